The van der Waals surface area contributed by atoms with Crippen LogP contribution >= 0.6 is 0 Å². The van der Waals surface area contributed by atoms with Crippen LogP contribution in [0.3, 0.4) is 0 Å². The Morgan fingerprint density at radius 3 is 2.88 bits per heavy atom. The SMILES string of the molecule is COCc1c(/C=N/O)ncc2[nH]c3ccc(Oc4cnccn4)cc3c12. The highest BCUT2D eigenvalue weighted by atomic mass is 16.5. The molecular weight excluding hydrogens is 334 g/mol. The van der Waals surface area contributed by atoms with Gasteiger partial charge in [0.15, 0.2) is 0 Å². The molecule has 0 spiro atoms. The van der Waals surface area contributed by atoms with Gasteiger partial charge in [0, 0.05) is 41.4 Å². The van der Waals surface area contributed by atoms with Crippen molar-refractivity contribution in [2.45, 2.75) is 6.61 Å². The smallest absolute Gasteiger partial charge is 0.237 e. The molecule has 130 valence electrons. The van der Waals surface area contributed by atoms with Gasteiger partial charge >= 0.3 is 0 Å². The lowest BCUT2D eigenvalue weighted by Crippen LogP contribution is -1.99. The minimum absolute atomic E-state index is 0.327. The maximum absolute atomic E-state index is 8.90. The molecule has 0 bridgehead atoms. The molecule has 3 heterocycles. The Bertz CT molecular complexity index is 1090. The van der Waals surface area contributed by atoms with E-state index in [4.69, 9.17) is 14.7 Å². The van der Waals surface area contributed by atoms with Gasteiger partial charge < -0.3 is 19.7 Å². The third-order valence-electron chi connectivity index (χ3n) is 3.97. The standard InChI is InChI=1S/C18H15N5O3/c1-25-10-13-15(8-22-24)21-7-16-18(13)12-6-11(2-3-14(12)23-16)26-17-9-19-4-5-20-17/h2-9,23-24H,10H2,1H3/b22-8+. The molecule has 4 aromatic rings. The van der Waals surface area contributed by atoms with Crippen LogP contribution in [0.25, 0.3) is 21.8 Å². The highest BCUT2D eigenvalue weighted by Gasteiger charge is 2.14. The van der Waals surface area contributed by atoms with Crippen molar-refractivity contribution in [3.63, 3.8) is 0 Å². The summed E-state index contributed by atoms with van der Waals surface area (Å²) in [5.41, 5.74) is 3.16. The summed E-state index contributed by atoms with van der Waals surface area (Å²) in [7, 11) is 1.61. The molecule has 0 atom stereocenters. The predicted molar refractivity (Wildman–Crippen MR) is 95.8 cm³/mol. The van der Waals surface area contributed by atoms with Gasteiger partial charge in [-0.25, -0.2) is 4.98 Å². The molecule has 0 saturated heterocycles. The summed E-state index contributed by atoms with van der Waals surface area (Å²) in [5.74, 6) is 1.05. The van der Waals surface area contributed by atoms with Crippen LogP contribution in [0.2, 0.25) is 0 Å². The summed E-state index contributed by atoms with van der Waals surface area (Å²) < 4.78 is 11.1. The Kier molecular flexibility index (Phi) is 4.16. The number of fused-ring (bicyclic) bond motifs is 3. The van der Waals surface area contributed by atoms with Crippen molar-refractivity contribution in [2.75, 3.05) is 7.11 Å². The summed E-state index contributed by atoms with van der Waals surface area (Å²) in [6.07, 6.45) is 7.71. The molecule has 2 N–H and O–H groups in total. The van der Waals surface area contributed by atoms with Gasteiger partial charge in [0.05, 0.1) is 36.4 Å². The fourth-order valence-electron chi connectivity index (χ4n) is 2.93. The molecule has 1 aromatic carbocycles. The fraction of sp³-hybridized carbons (Fsp3) is 0.111. The number of aromatic amines is 1. The number of nitrogens with one attached hydrogen (secondary N) is 1. The number of nitrogens with zero attached hydrogens (tertiary/aromatic N) is 4. The van der Waals surface area contributed by atoms with Crippen LogP contribution in [0.5, 0.6) is 11.6 Å². The highest BCUT2D eigenvalue weighted by Crippen LogP contribution is 2.33. The predicted octanol–water partition coefficient (Wildman–Crippen LogP) is 3.25. The van der Waals surface area contributed by atoms with Crippen LogP contribution in [-0.4, -0.2) is 38.5 Å². The molecule has 0 saturated carbocycles. The minimum atomic E-state index is 0.327. The normalized spacial score (nSPS) is 11.6. The highest BCUT2D eigenvalue weighted by molar-refractivity contribution is 6.10. The fourth-order valence-corrected chi connectivity index (χ4v) is 2.93. The van der Waals surface area contributed by atoms with Gasteiger partial charge in [0.1, 0.15) is 5.75 Å². The summed E-state index contributed by atoms with van der Waals surface area (Å²) in [6.45, 7) is 0.327. The maximum atomic E-state index is 8.90. The third-order valence-corrected chi connectivity index (χ3v) is 3.97. The molecule has 0 radical (unpaired) electrons. The molecule has 0 fully saturated rings. The lowest BCUT2D eigenvalue weighted by Gasteiger charge is -2.07. The molecule has 0 aliphatic carbocycles. The van der Waals surface area contributed by atoms with E-state index in [0.717, 1.165) is 27.4 Å². The Balaban J connectivity index is 1.90. The lowest BCUT2D eigenvalue weighted by atomic mass is 10.1. The molecule has 0 aliphatic heterocycles. The van der Waals surface area contributed by atoms with Gasteiger partial charge in [-0.2, -0.15) is 0 Å². The van der Waals surface area contributed by atoms with E-state index in [1.54, 1.807) is 31.9 Å². The van der Waals surface area contributed by atoms with E-state index < -0.39 is 0 Å². The summed E-state index contributed by atoms with van der Waals surface area (Å²) in [5, 5.41) is 13.9. The molecule has 8 nitrogen and oxygen atoms in total. The van der Waals surface area contributed by atoms with Gasteiger partial charge in [-0.15, -0.1) is 0 Å². The first-order chi connectivity index (χ1) is 12.8. The second-order valence-electron chi connectivity index (χ2n) is 5.57. The molecule has 26 heavy (non-hydrogen) atoms. The first-order valence-corrected chi connectivity index (χ1v) is 7.83. The van der Waals surface area contributed by atoms with Gasteiger partial charge in [-0.3, -0.25) is 9.97 Å². The number of benzene rings is 1. The van der Waals surface area contributed by atoms with Crippen molar-refractivity contribution >= 4 is 28.0 Å². The van der Waals surface area contributed by atoms with E-state index in [2.05, 4.69) is 25.1 Å². The zero-order valence-corrected chi connectivity index (χ0v) is 13.9. The van der Waals surface area contributed by atoms with Crippen molar-refractivity contribution in [3.05, 3.63) is 54.2 Å². The molecule has 4 rings (SSSR count). The summed E-state index contributed by atoms with van der Waals surface area (Å²) >= 11 is 0. The summed E-state index contributed by atoms with van der Waals surface area (Å²) in [4.78, 5) is 15.8. The average Bonchev–Trinajstić information content (AvgIpc) is 3.03. The van der Waals surface area contributed by atoms with E-state index in [1.807, 2.05) is 18.2 Å². The average molecular weight is 349 g/mol. The van der Waals surface area contributed by atoms with Gasteiger partial charge in [0.2, 0.25) is 5.88 Å². The van der Waals surface area contributed by atoms with Crippen LogP contribution in [0.4, 0.5) is 0 Å². The van der Waals surface area contributed by atoms with E-state index in [1.165, 1.54) is 6.21 Å². The van der Waals surface area contributed by atoms with Crippen LogP contribution in [0.1, 0.15) is 11.3 Å². The molecular formula is C18H15N5O3. The van der Waals surface area contributed by atoms with Crippen LogP contribution in [0.15, 0.2) is 48.1 Å². The van der Waals surface area contributed by atoms with Crippen molar-refractivity contribution in [1.29, 1.82) is 0 Å². The number of hydrogen-bond donors (Lipinski definition) is 2. The summed E-state index contributed by atoms with van der Waals surface area (Å²) in [6, 6.07) is 5.70. The number of methoxy groups -OCH3 is 1. The van der Waals surface area contributed by atoms with Gasteiger partial charge in [0.25, 0.3) is 0 Å². The zero-order valence-electron chi connectivity index (χ0n) is 13.9. The number of rotatable bonds is 5. The Labute approximate surface area is 148 Å². The van der Waals surface area contributed by atoms with E-state index >= 15 is 0 Å². The quantitative estimate of drug-likeness (QED) is 0.325. The Morgan fingerprint density at radius 1 is 1.19 bits per heavy atom. The maximum Gasteiger partial charge on any atom is 0.237 e. The Morgan fingerprint density at radius 2 is 2.12 bits per heavy atom. The van der Waals surface area contributed by atoms with Crippen molar-refractivity contribution in [1.82, 2.24) is 19.9 Å². The van der Waals surface area contributed by atoms with Crippen LogP contribution in [-0.2, 0) is 11.3 Å². The second kappa shape index (κ2) is 6.77. The monoisotopic (exact) mass is 349 g/mol. The number of hydrogen-bond acceptors (Lipinski definition) is 7. The molecule has 0 aliphatic rings. The largest absolute Gasteiger partial charge is 0.437 e. The van der Waals surface area contributed by atoms with Crippen molar-refractivity contribution in [3.8, 4) is 11.6 Å². The van der Waals surface area contributed by atoms with Crippen molar-refractivity contribution < 1.29 is 14.7 Å². The third kappa shape index (κ3) is 2.82. The topological polar surface area (TPSA) is 106 Å². The van der Waals surface area contributed by atoms with Gasteiger partial charge in [-0.1, -0.05) is 5.16 Å². The molecule has 8 heteroatoms. The first-order valence-electron chi connectivity index (χ1n) is 7.83. The van der Waals surface area contributed by atoms with E-state index in [0.29, 0.717) is 23.9 Å². The van der Waals surface area contributed by atoms with E-state index in [-0.39, 0.29) is 0 Å². The van der Waals surface area contributed by atoms with Crippen LogP contribution < -0.4 is 4.74 Å². The lowest BCUT2D eigenvalue weighted by molar-refractivity contribution is 0.185. The number of ether oxygens (including phenoxy) is 2. The Hall–Kier alpha value is -3.52. The van der Waals surface area contributed by atoms with Gasteiger partial charge in [-0.05, 0) is 18.2 Å². The molecule has 3 aromatic heterocycles. The van der Waals surface area contributed by atoms with Crippen LogP contribution in [0, 0.1) is 0 Å². The van der Waals surface area contributed by atoms with E-state index in [9.17, 15) is 0 Å². The molecule has 0 unspecified atom stereocenters. The number of oxime groups is 1. The number of pyridine rings is 1. The zero-order chi connectivity index (χ0) is 17.9. The number of H-pyrrole nitrogens is 1. The van der Waals surface area contributed by atoms with Crippen molar-refractivity contribution in [2.24, 2.45) is 5.16 Å². The molecule has 0 amide bonds. The number of aromatic nitrogens is 4. The minimum Gasteiger partial charge on any atom is -0.437 e. The second-order valence-corrected chi connectivity index (χ2v) is 5.57. The first kappa shape index (κ1) is 16.0.